The van der Waals surface area contributed by atoms with Crippen molar-refractivity contribution in [3.05, 3.63) is 51.3 Å². The van der Waals surface area contributed by atoms with E-state index in [1.54, 1.807) is 29.0 Å². The number of halogens is 1. The topological polar surface area (TPSA) is 70.7 Å². The van der Waals surface area contributed by atoms with Crippen molar-refractivity contribution < 1.29 is 4.79 Å². The minimum absolute atomic E-state index is 0.0172. The highest BCUT2D eigenvalue weighted by Crippen LogP contribution is 2.24. The van der Waals surface area contributed by atoms with Crippen LogP contribution in [0, 0.1) is 32.1 Å². The lowest BCUT2D eigenvalue weighted by molar-refractivity contribution is -0.112. The fourth-order valence-electron chi connectivity index (χ4n) is 2.22. The Bertz CT molecular complexity index is 843. The molecule has 1 heterocycles. The van der Waals surface area contributed by atoms with E-state index in [0.29, 0.717) is 10.7 Å². The molecular weight excluding hydrogens is 312 g/mol. The van der Waals surface area contributed by atoms with Gasteiger partial charge in [-0.05, 0) is 44.5 Å². The monoisotopic (exact) mass is 328 g/mol. The Balaban J connectivity index is 2.34. The molecule has 0 saturated carbocycles. The first-order valence-electron chi connectivity index (χ1n) is 7.03. The molecule has 6 heteroatoms. The Labute approximate surface area is 140 Å². The van der Waals surface area contributed by atoms with E-state index in [1.165, 1.54) is 0 Å². The molecule has 0 aliphatic rings. The van der Waals surface area contributed by atoms with Gasteiger partial charge < -0.3 is 5.32 Å². The van der Waals surface area contributed by atoms with Crippen LogP contribution < -0.4 is 5.32 Å². The van der Waals surface area contributed by atoms with Gasteiger partial charge in [0.15, 0.2) is 0 Å². The molecule has 5 nitrogen and oxygen atoms in total. The first kappa shape index (κ1) is 16.8. The molecule has 0 fully saturated rings. The lowest BCUT2D eigenvalue weighted by Crippen LogP contribution is -2.14. The quantitative estimate of drug-likeness (QED) is 0.692. The zero-order valence-electron chi connectivity index (χ0n) is 13.4. The molecule has 2 aromatic rings. The Morgan fingerprint density at radius 3 is 2.65 bits per heavy atom. The number of amides is 1. The maximum atomic E-state index is 12.4. The molecule has 0 bridgehead atoms. The van der Waals surface area contributed by atoms with E-state index in [9.17, 15) is 10.1 Å². The van der Waals surface area contributed by atoms with Crippen molar-refractivity contribution in [2.45, 2.75) is 20.8 Å². The molecule has 2 rings (SSSR count). The van der Waals surface area contributed by atoms with Gasteiger partial charge in [0, 0.05) is 29.0 Å². The van der Waals surface area contributed by atoms with Crippen LogP contribution in [-0.2, 0) is 11.8 Å². The number of aromatic nitrogens is 2. The van der Waals surface area contributed by atoms with E-state index < -0.39 is 5.91 Å². The summed E-state index contributed by atoms with van der Waals surface area (Å²) in [7, 11) is 1.82. The number of hydrogen-bond acceptors (Lipinski definition) is 3. The number of nitriles is 1. The summed E-state index contributed by atoms with van der Waals surface area (Å²) in [6.45, 7) is 5.54. The molecule has 0 saturated heterocycles. The lowest BCUT2D eigenvalue weighted by atomic mass is 10.1. The normalized spacial score (nSPS) is 11.2. The molecule has 118 valence electrons. The van der Waals surface area contributed by atoms with Crippen LogP contribution in [-0.4, -0.2) is 15.7 Å². The zero-order chi connectivity index (χ0) is 17.1. The van der Waals surface area contributed by atoms with Gasteiger partial charge in [-0.15, -0.1) is 0 Å². The van der Waals surface area contributed by atoms with Crippen LogP contribution in [0.3, 0.4) is 0 Å². The van der Waals surface area contributed by atoms with Crippen molar-refractivity contribution in [2.24, 2.45) is 7.05 Å². The van der Waals surface area contributed by atoms with Gasteiger partial charge in [-0.1, -0.05) is 17.7 Å². The maximum Gasteiger partial charge on any atom is 0.266 e. The number of nitrogens with zero attached hydrogens (tertiary/aromatic N) is 3. The van der Waals surface area contributed by atoms with Crippen LogP contribution in [0.2, 0.25) is 5.02 Å². The molecule has 23 heavy (non-hydrogen) atoms. The van der Waals surface area contributed by atoms with Gasteiger partial charge >= 0.3 is 0 Å². The molecule has 1 aromatic carbocycles. The van der Waals surface area contributed by atoms with Crippen molar-refractivity contribution in [1.29, 1.82) is 5.26 Å². The first-order valence-corrected chi connectivity index (χ1v) is 7.41. The van der Waals surface area contributed by atoms with E-state index in [0.717, 1.165) is 22.5 Å². The molecule has 0 aliphatic heterocycles. The smallest absolute Gasteiger partial charge is 0.266 e. The number of aryl methyl sites for hydroxylation is 2. The molecule has 0 atom stereocenters. The van der Waals surface area contributed by atoms with Crippen LogP contribution in [0.25, 0.3) is 6.08 Å². The first-order chi connectivity index (χ1) is 10.8. The summed E-state index contributed by atoms with van der Waals surface area (Å²) in [5, 5.41) is 16.9. The summed E-state index contributed by atoms with van der Waals surface area (Å²) in [4.78, 5) is 12.4. The Kier molecular flexibility index (Phi) is 4.87. The summed E-state index contributed by atoms with van der Waals surface area (Å²) in [5.74, 6) is -0.472. The Hall–Kier alpha value is -2.58. The zero-order valence-corrected chi connectivity index (χ0v) is 14.2. The third-order valence-corrected chi connectivity index (χ3v) is 4.14. The third kappa shape index (κ3) is 3.43. The molecule has 0 spiro atoms. The number of carbonyl (C=O) groups excluding carboxylic acids is 1. The predicted octanol–water partition coefficient (Wildman–Crippen LogP) is 3.54. The second-order valence-electron chi connectivity index (χ2n) is 5.24. The number of hydrogen-bond donors (Lipinski definition) is 1. The van der Waals surface area contributed by atoms with Gasteiger partial charge in [-0.2, -0.15) is 10.4 Å². The van der Waals surface area contributed by atoms with E-state index in [-0.39, 0.29) is 5.57 Å². The summed E-state index contributed by atoms with van der Waals surface area (Å²) in [6.07, 6.45) is 1.56. The maximum absolute atomic E-state index is 12.4. The second-order valence-corrected chi connectivity index (χ2v) is 5.65. The standard InChI is InChI=1S/C17H17ClN4O/c1-10-15(18)6-5-7-16(10)20-17(23)13(9-19)8-14-11(2)21-22(4)12(14)3/h5-8H,1-4H3,(H,20,23). The van der Waals surface area contributed by atoms with Crippen LogP contribution >= 0.6 is 11.6 Å². The number of rotatable bonds is 3. The average Bonchev–Trinajstić information content (AvgIpc) is 2.74. The molecule has 1 aromatic heterocycles. The molecule has 0 unspecified atom stereocenters. The highest BCUT2D eigenvalue weighted by molar-refractivity contribution is 6.31. The minimum Gasteiger partial charge on any atom is -0.321 e. The third-order valence-electron chi connectivity index (χ3n) is 3.73. The van der Waals surface area contributed by atoms with Gasteiger partial charge in [0.25, 0.3) is 5.91 Å². The van der Waals surface area contributed by atoms with Crippen LogP contribution in [0.15, 0.2) is 23.8 Å². The molecule has 0 radical (unpaired) electrons. The van der Waals surface area contributed by atoms with Gasteiger partial charge in [0.2, 0.25) is 0 Å². The number of anilines is 1. The summed E-state index contributed by atoms with van der Waals surface area (Å²) >= 11 is 6.04. The minimum atomic E-state index is -0.472. The van der Waals surface area contributed by atoms with Crippen molar-refractivity contribution in [3.63, 3.8) is 0 Å². The number of carbonyl (C=O) groups is 1. The van der Waals surface area contributed by atoms with Crippen molar-refractivity contribution in [3.8, 4) is 6.07 Å². The second kappa shape index (κ2) is 6.67. The number of nitrogens with one attached hydrogen (secondary N) is 1. The summed E-state index contributed by atoms with van der Waals surface area (Å²) in [5.41, 5.74) is 3.80. The summed E-state index contributed by atoms with van der Waals surface area (Å²) < 4.78 is 1.72. The van der Waals surface area contributed by atoms with E-state index >= 15 is 0 Å². The number of benzene rings is 1. The van der Waals surface area contributed by atoms with Gasteiger partial charge in [-0.3, -0.25) is 9.48 Å². The average molecular weight is 329 g/mol. The SMILES string of the molecule is Cc1nn(C)c(C)c1C=C(C#N)C(=O)Nc1cccc(Cl)c1C. The van der Waals surface area contributed by atoms with Gasteiger partial charge in [0.05, 0.1) is 5.69 Å². The van der Waals surface area contributed by atoms with E-state index in [2.05, 4.69) is 10.4 Å². The fraction of sp³-hybridized carbons (Fsp3) is 0.235. The van der Waals surface area contributed by atoms with Crippen LogP contribution in [0.5, 0.6) is 0 Å². The molecule has 0 aliphatic carbocycles. The van der Waals surface area contributed by atoms with Crippen LogP contribution in [0.4, 0.5) is 5.69 Å². The Morgan fingerprint density at radius 1 is 1.39 bits per heavy atom. The lowest BCUT2D eigenvalue weighted by Gasteiger charge is -2.09. The highest BCUT2D eigenvalue weighted by Gasteiger charge is 2.14. The van der Waals surface area contributed by atoms with Gasteiger partial charge in [-0.25, -0.2) is 0 Å². The predicted molar refractivity (Wildman–Crippen MR) is 91.1 cm³/mol. The van der Waals surface area contributed by atoms with Crippen LogP contribution in [0.1, 0.15) is 22.5 Å². The Morgan fingerprint density at radius 2 is 2.09 bits per heavy atom. The van der Waals surface area contributed by atoms with Gasteiger partial charge in [0.1, 0.15) is 11.6 Å². The molecular formula is C17H17ClN4O. The van der Waals surface area contributed by atoms with E-state index in [1.807, 2.05) is 33.9 Å². The van der Waals surface area contributed by atoms with Crippen molar-refractivity contribution in [1.82, 2.24) is 9.78 Å². The van der Waals surface area contributed by atoms with Crippen molar-refractivity contribution >= 4 is 29.3 Å². The van der Waals surface area contributed by atoms with E-state index in [4.69, 9.17) is 11.6 Å². The van der Waals surface area contributed by atoms with Crippen molar-refractivity contribution in [2.75, 3.05) is 5.32 Å². The molecule has 1 amide bonds. The summed E-state index contributed by atoms with van der Waals surface area (Å²) in [6, 6.07) is 7.18. The molecule has 1 N–H and O–H groups in total. The highest BCUT2D eigenvalue weighted by atomic mass is 35.5. The largest absolute Gasteiger partial charge is 0.321 e. The fourth-order valence-corrected chi connectivity index (χ4v) is 2.40.